The average molecular weight is 348 g/mol. The maximum Gasteiger partial charge on any atom is 0.259 e. The third-order valence-corrected chi connectivity index (χ3v) is 3.68. The third kappa shape index (κ3) is 1.92. The Labute approximate surface area is 117 Å². The van der Waals surface area contributed by atoms with Gasteiger partial charge in [0.2, 0.25) is 0 Å². The van der Waals surface area contributed by atoms with Crippen LogP contribution in [0.3, 0.4) is 0 Å². The summed E-state index contributed by atoms with van der Waals surface area (Å²) in [6, 6.07) is 15.2. The van der Waals surface area contributed by atoms with Crippen molar-refractivity contribution in [2.45, 2.75) is 0 Å². The van der Waals surface area contributed by atoms with Gasteiger partial charge in [-0.25, -0.2) is 4.98 Å². The van der Waals surface area contributed by atoms with E-state index in [9.17, 15) is 4.79 Å². The highest BCUT2D eigenvalue weighted by Gasteiger charge is 2.07. The van der Waals surface area contributed by atoms with Gasteiger partial charge in [-0.3, -0.25) is 4.79 Å². The van der Waals surface area contributed by atoms with Gasteiger partial charge in [0.25, 0.3) is 5.56 Å². The first-order chi connectivity index (χ1) is 8.75. The molecule has 0 aliphatic carbocycles. The summed E-state index contributed by atoms with van der Waals surface area (Å²) in [5.41, 5.74) is 1.56. The Morgan fingerprint density at radius 3 is 2.56 bits per heavy atom. The largest absolute Gasteiger partial charge is 0.306 e. The number of fused-ring (bicyclic) bond motifs is 1. The highest BCUT2D eigenvalue weighted by atomic mass is 127. The van der Waals surface area contributed by atoms with Crippen molar-refractivity contribution in [1.29, 1.82) is 0 Å². The fraction of sp³-hybridized carbons (Fsp3) is 0. The molecule has 1 heterocycles. The molecule has 3 rings (SSSR count). The van der Waals surface area contributed by atoms with Gasteiger partial charge >= 0.3 is 0 Å². The SMILES string of the molecule is O=c1[nH]c(-c2ccccc2I)nc2ccccc12. The molecule has 0 unspecified atom stereocenters. The molecule has 88 valence electrons. The normalized spacial score (nSPS) is 10.7. The molecule has 0 saturated carbocycles. The predicted molar refractivity (Wildman–Crippen MR) is 80.5 cm³/mol. The molecule has 0 aliphatic rings. The second-order valence-electron chi connectivity index (χ2n) is 3.91. The predicted octanol–water partition coefficient (Wildman–Crippen LogP) is 3.19. The van der Waals surface area contributed by atoms with Crippen molar-refractivity contribution >= 4 is 33.5 Å². The van der Waals surface area contributed by atoms with Crippen LogP contribution in [0.1, 0.15) is 0 Å². The van der Waals surface area contributed by atoms with Gasteiger partial charge < -0.3 is 4.98 Å². The van der Waals surface area contributed by atoms with E-state index >= 15 is 0 Å². The maximum absolute atomic E-state index is 12.0. The summed E-state index contributed by atoms with van der Waals surface area (Å²) in [5.74, 6) is 0.615. The number of halogens is 1. The van der Waals surface area contributed by atoms with Gasteiger partial charge in [0.05, 0.1) is 10.9 Å². The molecule has 0 saturated heterocycles. The van der Waals surface area contributed by atoms with Crippen molar-refractivity contribution in [2.24, 2.45) is 0 Å². The lowest BCUT2D eigenvalue weighted by atomic mass is 10.2. The van der Waals surface area contributed by atoms with E-state index in [4.69, 9.17) is 0 Å². The van der Waals surface area contributed by atoms with Crippen LogP contribution >= 0.6 is 22.6 Å². The molecule has 18 heavy (non-hydrogen) atoms. The van der Waals surface area contributed by atoms with Crippen molar-refractivity contribution in [3.63, 3.8) is 0 Å². The quantitative estimate of drug-likeness (QED) is 0.687. The van der Waals surface area contributed by atoms with Gasteiger partial charge in [0.15, 0.2) is 0 Å². The Bertz CT molecular complexity index is 780. The fourth-order valence-electron chi connectivity index (χ4n) is 1.87. The lowest BCUT2D eigenvalue weighted by molar-refractivity contribution is 1.18. The van der Waals surface area contributed by atoms with Crippen LogP contribution < -0.4 is 5.56 Å². The van der Waals surface area contributed by atoms with Gasteiger partial charge in [0, 0.05) is 9.13 Å². The smallest absolute Gasteiger partial charge is 0.259 e. The molecule has 0 fully saturated rings. The second kappa shape index (κ2) is 4.53. The van der Waals surface area contributed by atoms with Gasteiger partial charge in [-0.15, -0.1) is 0 Å². The Morgan fingerprint density at radius 1 is 1.00 bits per heavy atom. The first-order valence-corrected chi connectivity index (χ1v) is 6.57. The van der Waals surface area contributed by atoms with Gasteiger partial charge in [-0.05, 0) is 40.8 Å². The zero-order valence-electron chi connectivity index (χ0n) is 9.35. The second-order valence-corrected chi connectivity index (χ2v) is 5.07. The molecule has 1 N–H and O–H groups in total. The van der Waals surface area contributed by atoms with Crippen LogP contribution in [0, 0.1) is 3.57 Å². The number of hydrogen-bond acceptors (Lipinski definition) is 2. The third-order valence-electron chi connectivity index (χ3n) is 2.74. The van der Waals surface area contributed by atoms with Crippen molar-refractivity contribution in [1.82, 2.24) is 9.97 Å². The van der Waals surface area contributed by atoms with E-state index in [2.05, 4.69) is 32.6 Å². The van der Waals surface area contributed by atoms with Gasteiger partial charge in [-0.2, -0.15) is 0 Å². The Morgan fingerprint density at radius 2 is 1.72 bits per heavy atom. The summed E-state index contributed by atoms with van der Waals surface area (Å²) >= 11 is 2.24. The summed E-state index contributed by atoms with van der Waals surface area (Å²) in [5, 5.41) is 0.618. The summed E-state index contributed by atoms with van der Waals surface area (Å²) < 4.78 is 1.06. The lowest BCUT2D eigenvalue weighted by Crippen LogP contribution is -2.09. The number of aromatic amines is 1. The van der Waals surface area contributed by atoms with Crippen molar-refractivity contribution in [2.75, 3.05) is 0 Å². The number of para-hydroxylation sites is 1. The summed E-state index contributed by atoms with van der Waals surface area (Å²) in [4.78, 5) is 19.3. The van der Waals surface area contributed by atoms with E-state index < -0.39 is 0 Å². The van der Waals surface area contributed by atoms with Crippen LogP contribution in [0.25, 0.3) is 22.3 Å². The van der Waals surface area contributed by atoms with E-state index in [1.807, 2.05) is 42.5 Å². The number of nitrogens with zero attached hydrogens (tertiary/aromatic N) is 1. The lowest BCUT2D eigenvalue weighted by Gasteiger charge is -2.04. The minimum atomic E-state index is -0.102. The van der Waals surface area contributed by atoms with Crippen molar-refractivity contribution in [3.8, 4) is 11.4 Å². The molecule has 0 spiro atoms. The minimum Gasteiger partial charge on any atom is -0.306 e. The monoisotopic (exact) mass is 348 g/mol. The standard InChI is InChI=1S/C14H9IN2O/c15-11-7-3-1-5-9(11)13-16-12-8-4-2-6-10(12)14(18)17-13/h1-8H,(H,16,17,18). The molecule has 1 aromatic heterocycles. The number of rotatable bonds is 1. The molecular weight excluding hydrogens is 339 g/mol. The van der Waals surface area contributed by atoms with E-state index in [1.165, 1.54) is 0 Å². The zero-order chi connectivity index (χ0) is 12.5. The fourth-order valence-corrected chi connectivity index (χ4v) is 2.51. The Hall–Kier alpha value is -1.69. The van der Waals surface area contributed by atoms with E-state index in [0.717, 1.165) is 14.7 Å². The van der Waals surface area contributed by atoms with Crippen LogP contribution in [0.2, 0.25) is 0 Å². The topological polar surface area (TPSA) is 45.8 Å². The summed E-state index contributed by atoms with van der Waals surface area (Å²) in [7, 11) is 0. The molecule has 2 aromatic carbocycles. The Kier molecular flexibility index (Phi) is 2.87. The first-order valence-electron chi connectivity index (χ1n) is 5.50. The molecule has 0 aliphatic heterocycles. The van der Waals surface area contributed by atoms with Crippen LogP contribution in [0.5, 0.6) is 0 Å². The molecule has 3 aromatic rings. The number of benzene rings is 2. The van der Waals surface area contributed by atoms with E-state index in [1.54, 1.807) is 6.07 Å². The number of nitrogens with one attached hydrogen (secondary N) is 1. The summed E-state index contributed by atoms with van der Waals surface area (Å²) in [6.45, 7) is 0. The van der Waals surface area contributed by atoms with Crippen molar-refractivity contribution in [3.05, 3.63) is 62.5 Å². The van der Waals surface area contributed by atoms with E-state index in [-0.39, 0.29) is 5.56 Å². The molecular formula is C14H9IN2O. The van der Waals surface area contributed by atoms with Crippen LogP contribution in [-0.4, -0.2) is 9.97 Å². The highest BCUT2D eigenvalue weighted by molar-refractivity contribution is 14.1. The number of aromatic nitrogens is 2. The molecule has 0 radical (unpaired) electrons. The van der Waals surface area contributed by atoms with Crippen molar-refractivity contribution < 1.29 is 0 Å². The Balaban J connectivity index is 2.32. The van der Waals surface area contributed by atoms with Gasteiger partial charge in [-0.1, -0.05) is 30.3 Å². The number of H-pyrrole nitrogens is 1. The van der Waals surface area contributed by atoms with Crippen LogP contribution in [0.15, 0.2) is 53.3 Å². The van der Waals surface area contributed by atoms with Crippen LogP contribution in [-0.2, 0) is 0 Å². The minimum absolute atomic E-state index is 0.102. The van der Waals surface area contributed by atoms with Crippen LogP contribution in [0.4, 0.5) is 0 Å². The first kappa shape index (κ1) is 11.4. The highest BCUT2D eigenvalue weighted by Crippen LogP contribution is 2.21. The maximum atomic E-state index is 12.0. The average Bonchev–Trinajstić information content (AvgIpc) is 2.39. The zero-order valence-corrected chi connectivity index (χ0v) is 11.5. The molecule has 4 heteroatoms. The molecule has 3 nitrogen and oxygen atoms in total. The molecule has 0 bridgehead atoms. The number of hydrogen-bond donors (Lipinski definition) is 1. The molecule has 0 atom stereocenters. The molecule has 0 amide bonds. The van der Waals surface area contributed by atoms with E-state index in [0.29, 0.717) is 11.2 Å². The summed E-state index contributed by atoms with van der Waals surface area (Å²) in [6.07, 6.45) is 0. The van der Waals surface area contributed by atoms with Gasteiger partial charge in [0.1, 0.15) is 5.82 Å².